The topological polar surface area (TPSA) is 101 Å². The molecule has 4 aromatic rings. The van der Waals surface area contributed by atoms with Gasteiger partial charge in [-0.25, -0.2) is 4.98 Å². The van der Waals surface area contributed by atoms with E-state index in [1.54, 1.807) is 6.07 Å². The number of aromatic amines is 1. The second-order valence-electron chi connectivity index (χ2n) is 7.82. The first-order valence-electron chi connectivity index (χ1n) is 10.4. The number of halogens is 2. The van der Waals surface area contributed by atoms with Gasteiger partial charge in [-0.3, -0.25) is 5.10 Å². The fraction of sp³-hybridized carbons (Fsp3) is 0.208. The average molecular weight is 481 g/mol. The molecule has 1 fully saturated rings. The summed E-state index contributed by atoms with van der Waals surface area (Å²) >= 11 is 6.41. The fourth-order valence-electron chi connectivity index (χ4n) is 4.25. The van der Waals surface area contributed by atoms with E-state index in [0.29, 0.717) is 27.5 Å². The number of aryl methyl sites for hydroxylation is 1. The molecule has 1 aliphatic rings. The number of pyridine rings is 1. The maximum atomic E-state index is 10.2. The first-order chi connectivity index (χ1) is 15.6. The predicted octanol–water partition coefficient (Wildman–Crippen LogP) is 4.66. The van der Waals surface area contributed by atoms with Gasteiger partial charge in [-0.2, -0.15) is 10.4 Å². The van der Waals surface area contributed by atoms with Crippen LogP contribution in [0.1, 0.15) is 11.3 Å². The number of fused-ring (bicyclic) bond motifs is 1. The average Bonchev–Trinajstić information content (AvgIpc) is 3.19. The number of nitriles is 1. The van der Waals surface area contributed by atoms with Crippen molar-refractivity contribution in [1.29, 1.82) is 5.26 Å². The molecule has 0 spiro atoms. The zero-order valence-corrected chi connectivity index (χ0v) is 19.5. The second kappa shape index (κ2) is 9.28. The number of aromatic nitrogens is 3. The molecule has 0 aliphatic carbocycles. The van der Waals surface area contributed by atoms with Gasteiger partial charge >= 0.3 is 0 Å². The number of hydrogen-bond acceptors (Lipinski definition) is 6. The number of nitrogens with zero attached hydrogens (tertiary/aromatic N) is 4. The van der Waals surface area contributed by atoms with Crippen LogP contribution in [0.25, 0.3) is 33.4 Å². The van der Waals surface area contributed by atoms with Gasteiger partial charge in [0.25, 0.3) is 0 Å². The van der Waals surface area contributed by atoms with Gasteiger partial charge in [0.05, 0.1) is 21.7 Å². The van der Waals surface area contributed by atoms with Gasteiger partial charge in [0, 0.05) is 48.7 Å². The highest BCUT2D eigenvalue weighted by Gasteiger charge is 2.22. The molecular formula is C24H22Cl2N6O. The van der Waals surface area contributed by atoms with Crippen LogP contribution in [-0.4, -0.2) is 46.5 Å². The van der Waals surface area contributed by atoms with Crippen molar-refractivity contribution < 1.29 is 5.11 Å². The molecule has 3 N–H and O–H groups in total. The Morgan fingerprint density at radius 1 is 1.12 bits per heavy atom. The van der Waals surface area contributed by atoms with E-state index in [9.17, 15) is 10.4 Å². The van der Waals surface area contributed by atoms with Gasteiger partial charge in [-0.1, -0.05) is 23.7 Å². The summed E-state index contributed by atoms with van der Waals surface area (Å²) in [6.07, 6.45) is 0. The Morgan fingerprint density at radius 2 is 1.85 bits per heavy atom. The number of rotatable bonds is 3. The van der Waals surface area contributed by atoms with E-state index in [1.807, 2.05) is 19.1 Å². The molecular weight excluding hydrogens is 459 g/mol. The summed E-state index contributed by atoms with van der Waals surface area (Å²) in [6, 6.07) is 15.3. The number of phenolic OH excluding ortho intramolecular Hbond substituents is 1. The zero-order valence-electron chi connectivity index (χ0n) is 17.9. The van der Waals surface area contributed by atoms with Gasteiger partial charge < -0.3 is 15.3 Å². The van der Waals surface area contributed by atoms with Gasteiger partial charge in [0.2, 0.25) is 0 Å². The Bertz CT molecular complexity index is 1350. The van der Waals surface area contributed by atoms with Crippen LogP contribution >= 0.6 is 24.0 Å². The number of nitrogens with one attached hydrogen (secondary N) is 2. The van der Waals surface area contributed by atoms with E-state index >= 15 is 0 Å². The molecule has 1 saturated heterocycles. The number of phenols is 1. The molecule has 3 heterocycles. The summed E-state index contributed by atoms with van der Waals surface area (Å²) in [7, 11) is 0. The molecule has 0 atom stereocenters. The van der Waals surface area contributed by atoms with Crippen molar-refractivity contribution in [1.82, 2.24) is 20.5 Å². The van der Waals surface area contributed by atoms with Crippen LogP contribution in [0.3, 0.4) is 0 Å². The van der Waals surface area contributed by atoms with Crippen molar-refractivity contribution in [3.63, 3.8) is 0 Å². The van der Waals surface area contributed by atoms with E-state index in [4.69, 9.17) is 11.6 Å². The molecule has 2 aromatic heterocycles. The lowest BCUT2D eigenvalue weighted by atomic mass is 9.93. The summed E-state index contributed by atoms with van der Waals surface area (Å²) in [5.74, 6) is 0.0534. The van der Waals surface area contributed by atoms with Crippen LogP contribution in [-0.2, 0) is 0 Å². The first-order valence-corrected chi connectivity index (χ1v) is 10.8. The Hall–Kier alpha value is -3.31. The Morgan fingerprint density at radius 3 is 2.52 bits per heavy atom. The number of anilines is 1. The van der Waals surface area contributed by atoms with Crippen molar-refractivity contribution in [3.05, 3.63) is 58.7 Å². The maximum absolute atomic E-state index is 10.2. The SMILES string of the molecule is Cc1[nH]nc2nc(-c3ccc(O)cc3Cl)c(C#N)c(-c3ccc(N4CCNCC4)cc3)c12.Cl. The monoisotopic (exact) mass is 480 g/mol. The lowest BCUT2D eigenvalue weighted by Crippen LogP contribution is -2.43. The third-order valence-corrected chi connectivity index (χ3v) is 6.15. The molecule has 7 nitrogen and oxygen atoms in total. The molecule has 5 rings (SSSR count). The van der Waals surface area contributed by atoms with E-state index in [-0.39, 0.29) is 18.2 Å². The highest BCUT2D eigenvalue weighted by atomic mass is 35.5. The standard InChI is InChI=1S/C24H21ClN6O.ClH/c1-14-21-22(15-2-4-16(5-3-15)31-10-8-27-9-11-31)19(13-26)23(28-24(21)30-29-14)18-7-6-17(32)12-20(18)25;/h2-7,12,27,32H,8-11H2,1H3,(H,28,29,30);1H. The summed E-state index contributed by atoms with van der Waals surface area (Å²) in [5.41, 5.74) is 5.63. The highest BCUT2D eigenvalue weighted by molar-refractivity contribution is 6.33. The smallest absolute Gasteiger partial charge is 0.182 e. The lowest BCUT2D eigenvalue weighted by molar-refractivity contribution is 0.475. The summed E-state index contributed by atoms with van der Waals surface area (Å²) in [6.45, 7) is 5.79. The van der Waals surface area contributed by atoms with E-state index in [1.165, 1.54) is 12.1 Å². The largest absolute Gasteiger partial charge is 0.508 e. The summed E-state index contributed by atoms with van der Waals surface area (Å²) < 4.78 is 0. The van der Waals surface area contributed by atoms with Crippen LogP contribution in [0.4, 0.5) is 5.69 Å². The number of benzene rings is 2. The van der Waals surface area contributed by atoms with Gasteiger partial charge in [0.1, 0.15) is 11.8 Å². The summed E-state index contributed by atoms with van der Waals surface area (Å²) in [4.78, 5) is 7.00. The van der Waals surface area contributed by atoms with Crippen LogP contribution in [0.2, 0.25) is 5.02 Å². The van der Waals surface area contributed by atoms with Crippen LogP contribution in [0.5, 0.6) is 5.75 Å². The van der Waals surface area contributed by atoms with E-state index < -0.39 is 0 Å². The normalized spacial score (nSPS) is 13.5. The Labute approximate surface area is 202 Å². The number of piperazine rings is 1. The number of hydrogen-bond donors (Lipinski definition) is 3. The molecule has 168 valence electrons. The van der Waals surface area contributed by atoms with Crippen molar-refractivity contribution in [3.8, 4) is 34.2 Å². The van der Waals surface area contributed by atoms with Crippen molar-refractivity contribution in [2.45, 2.75) is 6.92 Å². The lowest BCUT2D eigenvalue weighted by Gasteiger charge is -2.29. The summed E-state index contributed by atoms with van der Waals surface area (Å²) in [5, 5.41) is 31.8. The van der Waals surface area contributed by atoms with Crippen molar-refractivity contribution in [2.75, 3.05) is 31.1 Å². The molecule has 9 heteroatoms. The predicted molar refractivity (Wildman–Crippen MR) is 133 cm³/mol. The minimum absolute atomic E-state index is 0. The Kier molecular flexibility index (Phi) is 6.43. The maximum Gasteiger partial charge on any atom is 0.182 e. The van der Waals surface area contributed by atoms with Crippen LogP contribution < -0.4 is 10.2 Å². The molecule has 0 amide bonds. The van der Waals surface area contributed by atoms with E-state index in [0.717, 1.165) is 54.1 Å². The molecule has 2 aromatic carbocycles. The zero-order chi connectivity index (χ0) is 22.2. The quantitative estimate of drug-likeness (QED) is 0.394. The van der Waals surface area contributed by atoms with E-state index in [2.05, 4.69) is 43.6 Å². The van der Waals surface area contributed by atoms with Gasteiger partial charge in [0.15, 0.2) is 5.65 Å². The highest BCUT2D eigenvalue weighted by Crippen LogP contribution is 2.40. The molecule has 0 saturated carbocycles. The molecule has 0 unspecified atom stereocenters. The second-order valence-corrected chi connectivity index (χ2v) is 8.22. The fourth-order valence-corrected chi connectivity index (χ4v) is 4.52. The number of aromatic hydroxyl groups is 1. The van der Waals surface area contributed by atoms with Crippen molar-refractivity contribution >= 4 is 40.7 Å². The van der Waals surface area contributed by atoms with Gasteiger partial charge in [-0.15, -0.1) is 12.4 Å². The third kappa shape index (κ3) is 4.09. The van der Waals surface area contributed by atoms with Crippen LogP contribution in [0, 0.1) is 18.3 Å². The molecule has 0 bridgehead atoms. The van der Waals surface area contributed by atoms with Crippen molar-refractivity contribution in [2.24, 2.45) is 0 Å². The Balaban J connectivity index is 0.00000259. The first kappa shape index (κ1) is 22.9. The van der Waals surface area contributed by atoms with Crippen LogP contribution in [0.15, 0.2) is 42.5 Å². The van der Waals surface area contributed by atoms with Gasteiger partial charge in [-0.05, 0) is 42.8 Å². The molecule has 0 radical (unpaired) electrons. The third-order valence-electron chi connectivity index (χ3n) is 5.84. The number of H-pyrrole nitrogens is 1. The minimum Gasteiger partial charge on any atom is -0.508 e. The minimum atomic E-state index is 0. The molecule has 1 aliphatic heterocycles. The molecule has 33 heavy (non-hydrogen) atoms.